The number of carbonyl (C=O) groups excluding carboxylic acids is 3. The molecule has 1 saturated carbocycles. The number of fused-ring (bicyclic) bond motifs is 1. The fourth-order valence-electron chi connectivity index (χ4n) is 6.15. The maximum atomic E-state index is 14.3. The van der Waals surface area contributed by atoms with Crippen molar-refractivity contribution in [2.45, 2.75) is 97.4 Å². The van der Waals surface area contributed by atoms with Gasteiger partial charge < -0.3 is 39.2 Å². The number of rotatable bonds is 13. The summed E-state index contributed by atoms with van der Waals surface area (Å²) in [4.78, 5) is 44.4. The maximum absolute atomic E-state index is 14.3. The summed E-state index contributed by atoms with van der Waals surface area (Å²) in [5.74, 6) is 0.307. The van der Waals surface area contributed by atoms with Gasteiger partial charge in [0.15, 0.2) is 0 Å². The van der Waals surface area contributed by atoms with Crippen LogP contribution in [0.3, 0.4) is 0 Å². The molecule has 1 aliphatic carbocycles. The second kappa shape index (κ2) is 15.5. The number of ether oxygens (including phenoxy) is 4. The smallest absolute Gasteiger partial charge is 0.410 e. The van der Waals surface area contributed by atoms with Gasteiger partial charge in [-0.05, 0) is 82.9 Å². The zero-order valence-electron chi connectivity index (χ0n) is 27.9. The van der Waals surface area contributed by atoms with E-state index in [0.717, 1.165) is 48.3 Å². The lowest BCUT2D eigenvalue weighted by Crippen LogP contribution is -2.54. The Labute approximate surface area is 267 Å². The number of aliphatic hydroxyl groups excluding tert-OH is 1. The van der Waals surface area contributed by atoms with Crippen LogP contribution in [0, 0.1) is 17.8 Å². The van der Waals surface area contributed by atoms with Gasteiger partial charge in [-0.1, -0.05) is 13.8 Å². The summed E-state index contributed by atoms with van der Waals surface area (Å²) in [6.07, 6.45) is 4.00. The number of hydrogen-bond donors (Lipinski definition) is 2. The average Bonchev–Trinajstić information content (AvgIpc) is 3.83. The first-order chi connectivity index (χ1) is 21.4. The fraction of sp³-hybridized carbons (Fsp3) is 0.735. The molecular weight excluding hydrogens is 578 g/mol. The molecule has 1 aromatic carbocycles. The van der Waals surface area contributed by atoms with E-state index in [1.807, 2.05) is 30.9 Å². The largest absolute Gasteiger partial charge is 0.493 e. The van der Waals surface area contributed by atoms with E-state index in [1.165, 1.54) is 4.90 Å². The van der Waals surface area contributed by atoms with Crippen LogP contribution < -0.4 is 14.8 Å². The van der Waals surface area contributed by atoms with Gasteiger partial charge >= 0.3 is 6.09 Å². The van der Waals surface area contributed by atoms with Crippen molar-refractivity contribution in [3.05, 3.63) is 23.3 Å². The van der Waals surface area contributed by atoms with Crippen molar-refractivity contribution in [2.24, 2.45) is 17.8 Å². The zero-order valence-corrected chi connectivity index (χ0v) is 27.9. The molecule has 252 valence electrons. The minimum Gasteiger partial charge on any atom is -0.493 e. The number of methoxy groups -OCH3 is 1. The van der Waals surface area contributed by atoms with E-state index in [9.17, 15) is 19.5 Å². The molecule has 4 rings (SSSR count). The summed E-state index contributed by atoms with van der Waals surface area (Å²) < 4.78 is 22.9. The van der Waals surface area contributed by atoms with Crippen LogP contribution in [0.5, 0.6) is 11.5 Å². The lowest BCUT2D eigenvalue weighted by atomic mass is 9.87. The SMILES string of the molecule is COCCOc1cc(CN(C(=O)[C@@H]2C[C@H](C(=O)NC(CO)CC(C)C)CN(C(=O)OC(C)(C)C)C2)C2CC2)cc2c1CCCO2. The van der Waals surface area contributed by atoms with E-state index >= 15 is 0 Å². The first-order valence-electron chi connectivity index (χ1n) is 16.5. The topological polar surface area (TPSA) is 127 Å². The van der Waals surface area contributed by atoms with Crippen LogP contribution in [0.4, 0.5) is 4.79 Å². The molecule has 2 fully saturated rings. The summed E-state index contributed by atoms with van der Waals surface area (Å²) in [5.41, 5.74) is 1.23. The number of piperidine rings is 1. The lowest BCUT2D eigenvalue weighted by Gasteiger charge is -2.39. The number of benzene rings is 1. The molecule has 11 nitrogen and oxygen atoms in total. The number of nitrogens with zero attached hydrogens (tertiary/aromatic N) is 2. The summed E-state index contributed by atoms with van der Waals surface area (Å²) in [6, 6.07) is 3.72. The van der Waals surface area contributed by atoms with Crippen molar-refractivity contribution < 1.29 is 38.4 Å². The monoisotopic (exact) mass is 631 g/mol. The van der Waals surface area contributed by atoms with Crippen LogP contribution in [0.1, 0.15) is 77.8 Å². The molecule has 1 unspecified atom stereocenters. The normalized spacial score (nSPS) is 20.6. The van der Waals surface area contributed by atoms with Crippen LogP contribution in [0.15, 0.2) is 12.1 Å². The molecule has 3 aliphatic rings. The lowest BCUT2D eigenvalue weighted by molar-refractivity contribution is -0.140. The van der Waals surface area contributed by atoms with Crippen molar-refractivity contribution in [3.8, 4) is 11.5 Å². The number of aliphatic hydroxyl groups is 1. The van der Waals surface area contributed by atoms with Crippen molar-refractivity contribution in [3.63, 3.8) is 0 Å². The molecule has 0 radical (unpaired) electrons. The molecule has 2 aliphatic heterocycles. The number of hydrogen-bond acceptors (Lipinski definition) is 8. The van der Waals surface area contributed by atoms with Gasteiger partial charge in [0.05, 0.1) is 37.7 Å². The molecular formula is C34H53N3O8. The predicted octanol–water partition coefficient (Wildman–Crippen LogP) is 3.92. The molecule has 0 bridgehead atoms. The van der Waals surface area contributed by atoms with E-state index in [1.54, 1.807) is 27.9 Å². The predicted molar refractivity (Wildman–Crippen MR) is 169 cm³/mol. The van der Waals surface area contributed by atoms with Crippen LogP contribution in [-0.4, -0.2) is 97.1 Å². The Kier molecular flexibility index (Phi) is 12.0. The Morgan fingerprint density at radius 3 is 2.51 bits per heavy atom. The Balaban J connectivity index is 1.56. The molecule has 1 saturated heterocycles. The van der Waals surface area contributed by atoms with E-state index in [-0.39, 0.29) is 43.5 Å². The van der Waals surface area contributed by atoms with Gasteiger partial charge in [-0.2, -0.15) is 0 Å². The standard InChI is InChI=1S/C34H53N3O8/c1-22(2)14-26(21-38)35-31(39)24-17-25(20-36(19-24)33(41)45-34(3,4)5)32(40)37(27-9-10-27)18-23-15-29-28(8-7-11-43-29)30(16-23)44-13-12-42-6/h15-16,22,24-27,38H,7-14,17-21H2,1-6H3,(H,35,39)/t24-,25+,26?/m0/s1. The molecule has 2 heterocycles. The highest BCUT2D eigenvalue weighted by molar-refractivity contribution is 5.84. The Morgan fingerprint density at radius 2 is 1.87 bits per heavy atom. The van der Waals surface area contributed by atoms with Gasteiger partial charge in [0.2, 0.25) is 11.8 Å². The number of nitrogens with one attached hydrogen (secondary N) is 1. The highest BCUT2D eigenvalue weighted by Crippen LogP contribution is 2.38. The van der Waals surface area contributed by atoms with Crippen molar-refractivity contribution >= 4 is 17.9 Å². The van der Waals surface area contributed by atoms with Crippen molar-refractivity contribution in [2.75, 3.05) is 46.6 Å². The summed E-state index contributed by atoms with van der Waals surface area (Å²) in [7, 11) is 1.64. The fourth-order valence-corrected chi connectivity index (χ4v) is 6.15. The first kappa shape index (κ1) is 34.8. The Bertz CT molecular complexity index is 1180. The van der Waals surface area contributed by atoms with E-state index in [4.69, 9.17) is 18.9 Å². The van der Waals surface area contributed by atoms with Gasteiger partial charge in [0.1, 0.15) is 23.7 Å². The van der Waals surface area contributed by atoms with Gasteiger partial charge in [-0.25, -0.2) is 4.79 Å². The average molecular weight is 632 g/mol. The van der Waals surface area contributed by atoms with Crippen LogP contribution in [-0.2, 0) is 32.0 Å². The van der Waals surface area contributed by atoms with Gasteiger partial charge in [-0.15, -0.1) is 0 Å². The maximum Gasteiger partial charge on any atom is 0.410 e. The quantitative estimate of drug-likeness (QED) is 0.314. The molecule has 3 atom stereocenters. The second-order valence-electron chi connectivity index (χ2n) is 14.1. The van der Waals surface area contributed by atoms with Crippen molar-refractivity contribution in [1.29, 1.82) is 0 Å². The minimum atomic E-state index is -0.720. The van der Waals surface area contributed by atoms with E-state index in [0.29, 0.717) is 39.2 Å². The first-order valence-corrected chi connectivity index (χ1v) is 16.5. The molecule has 45 heavy (non-hydrogen) atoms. The Morgan fingerprint density at radius 1 is 1.13 bits per heavy atom. The van der Waals surface area contributed by atoms with Crippen LogP contribution in [0.25, 0.3) is 0 Å². The third-order valence-corrected chi connectivity index (χ3v) is 8.37. The number of amides is 3. The number of carbonyl (C=O) groups is 3. The van der Waals surface area contributed by atoms with Gasteiger partial charge in [0.25, 0.3) is 0 Å². The summed E-state index contributed by atoms with van der Waals surface area (Å²) >= 11 is 0. The molecule has 3 amide bonds. The second-order valence-corrected chi connectivity index (χ2v) is 14.1. The molecule has 0 spiro atoms. The zero-order chi connectivity index (χ0) is 32.7. The minimum absolute atomic E-state index is 0.0788. The van der Waals surface area contributed by atoms with Gasteiger partial charge in [0, 0.05) is 38.3 Å². The summed E-state index contributed by atoms with van der Waals surface area (Å²) in [5, 5.41) is 12.8. The molecule has 0 aromatic heterocycles. The third kappa shape index (κ3) is 9.97. The number of likely N-dealkylation sites (tertiary alicyclic amines) is 1. The molecule has 1 aromatic rings. The molecule has 2 N–H and O–H groups in total. The van der Waals surface area contributed by atoms with E-state index in [2.05, 4.69) is 5.32 Å². The highest BCUT2D eigenvalue weighted by Gasteiger charge is 2.43. The van der Waals surface area contributed by atoms with Crippen molar-refractivity contribution in [1.82, 2.24) is 15.1 Å². The third-order valence-electron chi connectivity index (χ3n) is 8.37. The van der Waals surface area contributed by atoms with Gasteiger partial charge in [-0.3, -0.25) is 9.59 Å². The Hall–Kier alpha value is -3.05. The molecule has 11 heteroatoms. The highest BCUT2D eigenvalue weighted by atomic mass is 16.6. The van der Waals surface area contributed by atoms with E-state index < -0.39 is 29.6 Å². The van der Waals surface area contributed by atoms with Crippen LogP contribution >= 0.6 is 0 Å². The summed E-state index contributed by atoms with van der Waals surface area (Å²) in [6.45, 7) is 11.5. The van der Waals surface area contributed by atoms with Crippen LogP contribution in [0.2, 0.25) is 0 Å².